The Morgan fingerprint density at radius 3 is 2.50 bits per heavy atom. The molecule has 114 valence electrons. The highest BCUT2D eigenvalue weighted by Gasteiger charge is 2.05. The molecular weight excluding hydrogens is 304 g/mol. The summed E-state index contributed by atoms with van der Waals surface area (Å²) in [7, 11) is 3.14. The van der Waals surface area contributed by atoms with Gasteiger partial charge in [-0.15, -0.1) is 0 Å². The van der Waals surface area contributed by atoms with Crippen LogP contribution in [0.15, 0.2) is 47.6 Å². The number of carbonyl (C=O) groups excluding carboxylic acids is 1. The van der Waals surface area contributed by atoms with E-state index in [-0.39, 0.29) is 5.91 Å². The maximum absolute atomic E-state index is 11.9. The first-order chi connectivity index (χ1) is 10.6. The summed E-state index contributed by atoms with van der Waals surface area (Å²) in [6.45, 7) is 0. The molecule has 0 saturated heterocycles. The average molecular weight is 319 g/mol. The minimum absolute atomic E-state index is 0.324. The van der Waals surface area contributed by atoms with Gasteiger partial charge in [-0.2, -0.15) is 5.10 Å². The maximum Gasteiger partial charge on any atom is 0.271 e. The Bertz CT molecular complexity index is 684. The number of benzene rings is 2. The van der Waals surface area contributed by atoms with E-state index in [1.807, 2.05) is 0 Å². The summed E-state index contributed by atoms with van der Waals surface area (Å²) in [5.41, 5.74) is 3.61. The molecular formula is C16H15ClN2O3. The summed E-state index contributed by atoms with van der Waals surface area (Å²) < 4.78 is 10.4. The first-order valence-corrected chi connectivity index (χ1v) is 6.83. The highest BCUT2D eigenvalue weighted by atomic mass is 35.5. The second-order valence-corrected chi connectivity index (χ2v) is 4.75. The molecule has 0 saturated carbocycles. The molecule has 0 heterocycles. The van der Waals surface area contributed by atoms with Crippen molar-refractivity contribution in [3.8, 4) is 11.5 Å². The van der Waals surface area contributed by atoms with Gasteiger partial charge >= 0.3 is 0 Å². The van der Waals surface area contributed by atoms with Gasteiger partial charge in [-0.05, 0) is 42.5 Å². The Morgan fingerprint density at radius 2 is 1.86 bits per heavy atom. The molecule has 1 amide bonds. The van der Waals surface area contributed by atoms with E-state index < -0.39 is 0 Å². The fourth-order valence-corrected chi connectivity index (χ4v) is 1.89. The third-order valence-corrected chi connectivity index (χ3v) is 3.16. The molecule has 0 unspecified atom stereocenters. The molecule has 5 nitrogen and oxygen atoms in total. The van der Waals surface area contributed by atoms with Crippen LogP contribution in [0.2, 0.25) is 5.02 Å². The van der Waals surface area contributed by atoms with E-state index in [2.05, 4.69) is 10.5 Å². The van der Waals surface area contributed by atoms with Gasteiger partial charge in [0, 0.05) is 16.1 Å². The number of nitrogens with zero attached hydrogens (tertiary/aromatic N) is 1. The van der Waals surface area contributed by atoms with Crippen molar-refractivity contribution in [3.05, 3.63) is 58.6 Å². The first-order valence-electron chi connectivity index (χ1n) is 6.45. The fourth-order valence-electron chi connectivity index (χ4n) is 1.77. The van der Waals surface area contributed by atoms with Crippen molar-refractivity contribution in [1.29, 1.82) is 0 Å². The second-order valence-electron chi connectivity index (χ2n) is 4.31. The highest BCUT2D eigenvalue weighted by molar-refractivity contribution is 6.30. The van der Waals surface area contributed by atoms with Gasteiger partial charge in [0.1, 0.15) is 11.5 Å². The molecule has 0 aliphatic heterocycles. The van der Waals surface area contributed by atoms with Gasteiger partial charge in [0.15, 0.2) is 0 Å². The van der Waals surface area contributed by atoms with Crippen LogP contribution in [0.5, 0.6) is 11.5 Å². The average Bonchev–Trinajstić information content (AvgIpc) is 2.55. The number of hydrogen-bond acceptors (Lipinski definition) is 4. The number of ether oxygens (including phenoxy) is 2. The van der Waals surface area contributed by atoms with Crippen LogP contribution in [0.1, 0.15) is 15.9 Å². The summed E-state index contributed by atoms with van der Waals surface area (Å²) >= 11 is 5.78. The molecule has 0 atom stereocenters. The number of halogens is 1. The molecule has 0 aromatic heterocycles. The summed E-state index contributed by atoms with van der Waals surface area (Å²) in [6.07, 6.45) is 1.50. The van der Waals surface area contributed by atoms with Crippen LogP contribution < -0.4 is 14.9 Å². The molecule has 22 heavy (non-hydrogen) atoms. The van der Waals surface area contributed by atoms with E-state index in [0.717, 1.165) is 0 Å². The number of rotatable bonds is 5. The SMILES string of the molecule is COc1ccc(OC)c(/C=N/NC(=O)c2ccc(Cl)cc2)c1. The molecule has 1 N–H and O–H groups in total. The summed E-state index contributed by atoms with van der Waals surface area (Å²) in [5, 5.41) is 4.50. The Labute approximate surface area is 133 Å². The Hall–Kier alpha value is -2.53. The molecule has 2 aromatic carbocycles. The standard InChI is InChI=1S/C16H15ClN2O3/c1-21-14-7-8-15(22-2)12(9-14)10-18-19-16(20)11-3-5-13(17)6-4-11/h3-10H,1-2H3,(H,19,20)/b18-10+. The number of nitrogens with one attached hydrogen (secondary N) is 1. The van der Waals surface area contributed by atoms with Crippen molar-refractivity contribution in [2.75, 3.05) is 14.2 Å². The van der Waals surface area contributed by atoms with Gasteiger partial charge < -0.3 is 9.47 Å². The molecule has 0 aliphatic rings. The zero-order valence-corrected chi connectivity index (χ0v) is 12.9. The predicted molar refractivity (Wildman–Crippen MR) is 86.1 cm³/mol. The molecule has 0 radical (unpaired) electrons. The van der Waals surface area contributed by atoms with Crippen molar-refractivity contribution in [1.82, 2.24) is 5.43 Å². The normalized spacial score (nSPS) is 10.5. The quantitative estimate of drug-likeness (QED) is 0.680. The zero-order valence-electron chi connectivity index (χ0n) is 12.2. The predicted octanol–water partition coefficient (Wildman–Crippen LogP) is 3.12. The summed E-state index contributed by atoms with van der Waals surface area (Å²) in [5.74, 6) is 0.978. The van der Waals surface area contributed by atoms with E-state index in [9.17, 15) is 4.79 Å². The van der Waals surface area contributed by atoms with Crippen LogP contribution in [-0.2, 0) is 0 Å². The lowest BCUT2D eigenvalue weighted by molar-refractivity contribution is 0.0955. The number of hydrogen-bond donors (Lipinski definition) is 1. The van der Waals surface area contributed by atoms with Crippen molar-refractivity contribution < 1.29 is 14.3 Å². The van der Waals surface area contributed by atoms with Gasteiger partial charge in [-0.1, -0.05) is 11.6 Å². The number of amides is 1. The van der Waals surface area contributed by atoms with Crippen LogP contribution in [0, 0.1) is 0 Å². The van der Waals surface area contributed by atoms with Crippen LogP contribution >= 0.6 is 11.6 Å². The number of hydrazone groups is 1. The minimum atomic E-state index is -0.324. The van der Waals surface area contributed by atoms with Crippen LogP contribution in [-0.4, -0.2) is 26.3 Å². The van der Waals surface area contributed by atoms with Gasteiger partial charge in [-0.3, -0.25) is 4.79 Å². The highest BCUT2D eigenvalue weighted by Crippen LogP contribution is 2.22. The van der Waals surface area contributed by atoms with Gasteiger partial charge in [-0.25, -0.2) is 5.43 Å². The third kappa shape index (κ3) is 3.99. The number of methoxy groups -OCH3 is 2. The molecule has 6 heteroatoms. The van der Waals surface area contributed by atoms with Crippen molar-refractivity contribution in [2.24, 2.45) is 5.10 Å². The second kappa shape index (κ2) is 7.47. The Morgan fingerprint density at radius 1 is 1.14 bits per heavy atom. The zero-order chi connectivity index (χ0) is 15.9. The lowest BCUT2D eigenvalue weighted by Gasteiger charge is -2.06. The van der Waals surface area contributed by atoms with Gasteiger partial charge in [0.25, 0.3) is 5.91 Å². The van der Waals surface area contributed by atoms with Crippen molar-refractivity contribution >= 4 is 23.7 Å². The van der Waals surface area contributed by atoms with E-state index in [1.165, 1.54) is 6.21 Å². The molecule has 2 aromatic rings. The summed E-state index contributed by atoms with van der Waals surface area (Å²) in [4.78, 5) is 11.9. The lowest BCUT2D eigenvalue weighted by Crippen LogP contribution is -2.17. The van der Waals surface area contributed by atoms with Gasteiger partial charge in [0.2, 0.25) is 0 Å². The van der Waals surface area contributed by atoms with Crippen LogP contribution in [0.3, 0.4) is 0 Å². The van der Waals surface area contributed by atoms with Gasteiger partial charge in [0.05, 0.1) is 20.4 Å². The van der Waals surface area contributed by atoms with Crippen LogP contribution in [0.4, 0.5) is 0 Å². The first kappa shape index (κ1) is 15.9. The topological polar surface area (TPSA) is 59.9 Å². The van der Waals surface area contributed by atoms with E-state index >= 15 is 0 Å². The Balaban J connectivity index is 2.08. The molecule has 0 fully saturated rings. The number of carbonyl (C=O) groups is 1. The van der Waals surface area contributed by atoms with E-state index in [1.54, 1.807) is 56.7 Å². The minimum Gasteiger partial charge on any atom is -0.497 e. The van der Waals surface area contributed by atoms with E-state index in [4.69, 9.17) is 21.1 Å². The van der Waals surface area contributed by atoms with Crippen molar-refractivity contribution in [2.45, 2.75) is 0 Å². The smallest absolute Gasteiger partial charge is 0.271 e. The Kier molecular flexibility index (Phi) is 5.38. The van der Waals surface area contributed by atoms with Crippen LogP contribution in [0.25, 0.3) is 0 Å². The third-order valence-electron chi connectivity index (χ3n) is 2.91. The monoisotopic (exact) mass is 318 g/mol. The summed E-state index contributed by atoms with van der Waals surface area (Å²) in [6, 6.07) is 11.8. The largest absolute Gasteiger partial charge is 0.497 e. The lowest BCUT2D eigenvalue weighted by atomic mass is 10.2. The van der Waals surface area contributed by atoms with E-state index in [0.29, 0.717) is 27.6 Å². The fraction of sp³-hybridized carbons (Fsp3) is 0.125. The maximum atomic E-state index is 11.9. The van der Waals surface area contributed by atoms with Crippen molar-refractivity contribution in [3.63, 3.8) is 0 Å². The molecule has 0 bridgehead atoms. The molecule has 2 rings (SSSR count). The molecule has 0 aliphatic carbocycles. The molecule has 0 spiro atoms.